The number of methoxy groups -OCH3 is 2. The Balaban J connectivity index is 0.899. The topological polar surface area (TPSA) is 222 Å². The fourth-order valence-corrected chi connectivity index (χ4v) is 7.92. The lowest BCUT2D eigenvalue weighted by Gasteiger charge is -2.33. The number of nitrogens with zero attached hydrogens (tertiary/aromatic N) is 7. The molecule has 0 saturated carbocycles. The number of benzene rings is 2. The molecule has 2 fully saturated rings. The summed E-state index contributed by atoms with van der Waals surface area (Å²) in [5, 5.41) is 29.9. The maximum Gasteiger partial charge on any atom is 0.407 e. The third-order valence-corrected chi connectivity index (χ3v) is 10.9. The van der Waals surface area contributed by atoms with Crippen molar-refractivity contribution in [1.82, 2.24) is 61.4 Å². The number of carbonyl (C=O) groups is 4. The zero-order valence-electron chi connectivity index (χ0n) is 32.9. The van der Waals surface area contributed by atoms with Crippen LogP contribution in [0.1, 0.15) is 66.5 Å². The third-order valence-electron chi connectivity index (χ3n) is 10.9. The van der Waals surface area contributed by atoms with Gasteiger partial charge < -0.3 is 45.5 Å². The van der Waals surface area contributed by atoms with Crippen molar-refractivity contribution in [2.75, 3.05) is 27.3 Å². The molecule has 3 aromatic heterocycles. The Morgan fingerprint density at radius 1 is 0.683 bits per heavy atom. The van der Waals surface area contributed by atoms with Gasteiger partial charge in [-0.15, -0.1) is 20.4 Å². The van der Waals surface area contributed by atoms with Crippen molar-refractivity contribution in [3.8, 4) is 22.8 Å². The van der Waals surface area contributed by atoms with Gasteiger partial charge in [-0.2, -0.15) is 0 Å². The number of likely N-dealkylation sites (tertiary alicyclic amines) is 2. The predicted molar refractivity (Wildman–Crippen MR) is 217 cm³/mol. The molecule has 2 saturated heterocycles. The monoisotopic (exact) mass is 812 g/mol. The van der Waals surface area contributed by atoms with Crippen molar-refractivity contribution in [2.45, 2.75) is 56.0 Å². The smallest absolute Gasteiger partial charge is 0.407 e. The number of hydrogen-bond acceptors (Lipinski definition) is 13. The highest BCUT2D eigenvalue weighted by molar-refractivity contribution is 5.88. The molecule has 5 N–H and O–H groups in total. The molecule has 4 amide bonds. The molecular weight excluding hydrogens is 769 g/mol. The number of aromatic nitrogens is 6. The fraction of sp³-hybridized carbons (Fsp3) is 0.310. The molecule has 0 radical (unpaired) electrons. The first kappa shape index (κ1) is 39.5. The van der Waals surface area contributed by atoms with Crippen molar-refractivity contribution in [1.29, 1.82) is 0 Å². The van der Waals surface area contributed by atoms with Gasteiger partial charge in [0.05, 0.1) is 43.9 Å². The molecular formula is C42H44N12O6. The third kappa shape index (κ3) is 8.29. The lowest BCUT2D eigenvalue weighted by Crippen LogP contribution is -2.54. The second-order valence-corrected chi connectivity index (χ2v) is 14.5. The summed E-state index contributed by atoms with van der Waals surface area (Å²) in [5.41, 5.74) is 4.88. The largest absolute Gasteiger partial charge is 0.453 e. The van der Waals surface area contributed by atoms with E-state index in [-0.39, 0.29) is 30.1 Å². The van der Waals surface area contributed by atoms with E-state index < -0.39 is 24.3 Å². The standard InChI is InChI=1S/C42H44N12O6/c1-59-41(57)47-35(25-11-5-3-6-12-25)39(55)53-21-9-15-33(53)37-43-23-31(45-37)29-19-17-27(49-51-29)28-18-20-30(52-50-28)32-24-44-38(46-32)34-16-10-22-54(34)40(56)36(48-42(58)60-2)26-13-7-4-8-14-26/h3-8,11-14,17-20,23-24,33-37,43,45H,9-10,15-16,21-22H2,1-2H3,(H,44,46)(H,47,57)(H,48,58)/t33-,34-,35+,36+,37?/m0/s1. The minimum Gasteiger partial charge on any atom is -0.453 e. The van der Waals surface area contributed by atoms with Gasteiger partial charge in [0.2, 0.25) is 5.91 Å². The first-order chi connectivity index (χ1) is 29.3. The number of nitrogens with one attached hydrogen (secondary N) is 5. The molecule has 60 heavy (non-hydrogen) atoms. The Morgan fingerprint density at radius 2 is 1.22 bits per heavy atom. The van der Waals surface area contributed by atoms with Gasteiger partial charge in [0, 0.05) is 19.3 Å². The predicted octanol–water partition coefficient (Wildman–Crippen LogP) is 3.99. The van der Waals surface area contributed by atoms with Gasteiger partial charge >= 0.3 is 12.2 Å². The van der Waals surface area contributed by atoms with Crippen LogP contribution in [0.15, 0.2) is 97.3 Å². The minimum atomic E-state index is -0.915. The second kappa shape index (κ2) is 17.6. The molecule has 2 aromatic carbocycles. The van der Waals surface area contributed by atoms with Crippen molar-refractivity contribution < 1.29 is 28.7 Å². The van der Waals surface area contributed by atoms with E-state index >= 15 is 0 Å². The fourth-order valence-electron chi connectivity index (χ4n) is 7.92. The van der Waals surface area contributed by atoms with Crippen LogP contribution in [-0.4, -0.2) is 104 Å². The summed E-state index contributed by atoms with van der Waals surface area (Å²) in [6.07, 6.45) is 4.89. The molecule has 18 nitrogen and oxygen atoms in total. The van der Waals surface area contributed by atoms with Gasteiger partial charge in [0.1, 0.15) is 46.8 Å². The summed E-state index contributed by atoms with van der Waals surface area (Å²) in [7, 11) is 2.53. The molecule has 18 heteroatoms. The molecule has 0 bridgehead atoms. The Kier molecular flexibility index (Phi) is 11.6. The van der Waals surface area contributed by atoms with Crippen LogP contribution in [0.2, 0.25) is 0 Å². The summed E-state index contributed by atoms with van der Waals surface area (Å²) in [5.74, 6) is 0.139. The number of hydrogen-bond donors (Lipinski definition) is 5. The van der Waals surface area contributed by atoms with Crippen molar-refractivity contribution in [2.24, 2.45) is 0 Å². The van der Waals surface area contributed by atoms with E-state index in [0.29, 0.717) is 64.9 Å². The van der Waals surface area contributed by atoms with Crippen molar-refractivity contribution in [3.05, 3.63) is 120 Å². The molecule has 6 heterocycles. The molecule has 3 aliphatic rings. The van der Waals surface area contributed by atoms with Gasteiger partial charge in [0.15, 0.2) is 0 Å². The molecule has 3 aliphatic heterocycles. The van der Waals surface area contributed by atoms with E-state index in [1.165, 1.54) is 14.2 Å². The Hall–Kier alpha value is -7.37. The quantitative estimate of drug-likeness (QED) is 0.128. The van der Waals surface area contributed by atoms with E-state index in [4.69, 9.17) is 9.47 Å². The van der Waals surface area contributed by atoms with Crippen molar-refractivity contribution >= 4 is 29.7 Å². The maximum absolute atomic E-state index is 13.9. The van der Waals surface area contributed by atoms with Crippen LogP contribution in [0, 0.1) is 0 Å². The number of rotatable bonds is 11. The summed E-state index contributed by atoms with van der Waals surface area (Å²) >= 11 is 0. The van der Waals surface area contributed by atoms with Gasteiger partial charge in [-0.25, -0.2) is 14.6 Å². The maximum atomic E-state index is 13.9. The highest BCUT2D eigenvalue weighted by Gasteiger charge is 2.40. The van der Waals surface area contributed by atoms with Crippen LogP contribution in [-0.2, 0) is 19.1 Å². The normalized spacial score (nSPS) is 19.4. The summed E-state index contributed by atoms with van der Waals surface area (Å²) in [6.45, 7) is 1.06. The molecule has 0 aliphatic carbocycles. The number of carbonyl (C=O) groups excluding carboxylic acids is 4. The van der Waals surface area contributed by atoms with Gasteiger partial charge in [0.25, 0.3) is 5.91 Å². The van der Waals surface area contributed by atoms with Crippen LogP contribution in [0.5, 0.6) is 0 Å². The Bertz CT molecular complexity index is 2340. The van der Waals surface area contributed by atoms with Crippen LogP contribution in [0.3, 0.4) is 0 Å². The highest BCUT2D eigenvalue weighted by Crippen LogP contribution is 2.34. The zero-order chi connectivity index (χ0) is 41.6. The molecule has 0 spiro atoms. The number of amides is 4. The van der Waals surface area contributed by atoms with Gasteiger partial charge in [-0.05, 0) is 61.1 Å². The second-order valence-electron chi connectivity index (χ2n) is 14.5. The SMILES string of the molecule is COC(=O)N[C@@H](C(=O)N1CCC[C@H]1c1ncc(-c2ccc(-c3ccc(C4=CNC([C@@H]5CCCN5C(=O)[C@H](NC(=O)OC)c5ccccc5)N4)nn3)nn2)[nH]1)c1ccccc1. The van der Waals surface area contributed by atoms with E-state index in [9.17, 15) is 19.2 Å². The highest BCUT2D eigenvalue weighted by atomic mass is 16.5. The number of alkyl carbamates (subject to hydrolysis) is 2. The van der Waals surface area contributed by atoms with Gasteiger partial charge in [-0.3, -0.25) is 9.59 Å². The van der Waals surface area contributed by atoms with E-state index in [2.05, 4.69) is 51.6 Å². The zero-order valence-corrected chi connectivity index (χ0v) is 32.9. The average Bonchev–Trinajstić information content (AvgIpc) is 4.15. The minimum absolute atomic E-state index is 0.189. The molecule has 8 rings (SSSR count). The van der Waals surface area contributed by atoms with Crippen molar-refractivity contribution in [3.63, 3.8) is 0 Å². The number of imidazole rings is 1. The summed E-state index contributed by atoms with van der Waals surface area (Å²) in [6, 6.07) is 23.1. The molecule has 1 unspecified atom stereocenters. The first-order valence-corrected chi connectivity index (χ1v) is 19.7. The molecule has 5 atom stereocenters. The van der Waals surface area contributed by atoms with Crippen LogP contribution in [0.4, 0.5) is 9.59 Å². The van der Waals surface area contributed by atoms with Crippen LogP contribution >= 0.6 is 0 Å². The van der Waals surface area contributed by atoms with Gasteiger partial charge in [-0.1, -0.05) is 60.7 Å². The molecule has 308 valence electrons. The summed E-state index contributed by atoms with van der Waals surface area (Å²) < 4.78 is 9.63. The number of H-pyrrole nitrogens is 1. The van der Waals surface area contributed by atoms with Crippen LogP contribution in [0.25, 0.3) is 28.5 Å². The Labute approximate surface area is 345 Å². The molecule has 5 aromatic rings. The number of aromatic amines is 1. The van der Waals surface area contributed by atoms with E-state index in [0.717, 1.165) is 25.0 Å². The first-order valence-electron chi connectivity index (χ1n) is 19.7. The van der Waals surface area contributed by atoms with E-state index in [1.54, 1.807) is 46.3 Å². The number of ether oxygens (including phenoxy) is 2. The van der Waals surface area contributed by atoms with Crippen LogP contribution < -0.4 is 21.3 Å². The summed E-state index contributed by atoms with van der Waals surface area (Å²) in [4.78, 5) is 63.6. The average molecular weight is 813 g/mol. The lowest BCUT2D eigenvalue weighted by atomic mass is 10.0. The van der Waals surface area contributed by atoms with E-state index in [1.807, 2.05) is 60.8 Å². The lowest BCUT2D eigenvalue weighted by molar-refractivity contribution is -0.135. The Morgan fingerprint density at radius 3 is 1.80 bits per heavy atom.